The third kappa shape index (κ3) is 2.19. The summed E-state index contributed by atoms with van der Waals surface area (Å²) in [4.78, 5) is 0. The van der Waals surface area contributed by atoms with Crippen LogP contribution in [0.15, 0.2) is 0 Å². The van der Waals surface area contributed by atoms with E-state index in [0.29, 0.717) is 5.41 Å². The zero-order valence-electron chi connectivity index (χ0n) is 9.88. The highest BCUT2D eigenvalue weighted by Gasteiger charge is 2.40. The molecule has 2 heterocycles. The van der Waals surface area contributed by atoms with Crippen LogP contribution in [0, 0.1) is 5.41 Å². The number of hydrogen-bond donors (Lipinski definition) is 0. The third-order valence-electron chi connectivity index (χ3n) is 3.95. The van der Waals surface area contributed by atoms with Gasteiger partial charge in [0.05, 0.1) is 38.6 Å². The maximum Gasteiger partial charge on any atom is 0.0934 e. The molecule has 2 aliphatic heterocycles. The van der Waals surface area contributed by atoms with E-state index in [2.05, 4.69) is 13.8 Å². The molecule has 0 aliphatic carbocycles. The van der Waals surface area contributed by atoms with Crippen molar-refractivity contribution in [1.29, 1.82) is 0 Å². The molecule has 2 aliphatic rings. The molecule has 15 heavy (non-hydrogen) atoms. The Morgan fingerprint density at radius 3 is 2.20 bits per heavy atom. The van der Waals surface area contributed by atoms with Crippen molar-refractivity contribution in [2.75, 3.05) is 33.0 Å². The van der Waals surface area contributed by atoms with Gasteiger partial charge >= 0.3 is 0 Å². The number of rotatable bonds is 6. The highest BCUT2D eigenvalue weighted by atomic mass is 16.6. The molecule has 2 fully saturated rings. The summed E-state index contributed by atoms with van der Waals surface area (Å²) in [6, 6.07) is 0. The average molecular weight is 214 g/mol. The van der Waals surface area contributed by atoms with Gasteiger partial charge in [0.1, 0.15) is 0 Å². The van der Waals surface area contributed by atoms with Crippen LogP contribution in [0.3, 0.4) is 0 Å². The molecule has 0 radical (unpaired) electrons. The molecule has 0 aromatic carbocycles. The van der Waals surface area contributed by atoms with E-state index in [1.807, 2.05) is 0 Å². The summed E-state index contributed by atoms with van der Waals surface area (Å²) in [6.07, 6.45) is 3.36. The minimum atomic E-state index is 0.0412. The molecule has 1 unspecified atom stereocenters. The van der Waals surface area contributed by atoms with Crippen molar-refractivity contribution in [2.45, 2.75) is 38.7 Å². The average Bonchev–Trinajstić information content (AvgIpc) is 2.14. The molecule has 0 N–H and O–H groups in total. The second-order valence-electron chi connectivity index (χ2n) is 4.97. The fourth-order valence-electron chi connectivity index (χ4n) is 2.12. The molecule has 2 rings (SSSR count). The Bertz CT molecular complexity index is 174. The Balaban J connectivity index is 1.69. The van der Waals surface area contributed by atoms with Crippen molar-refractivity contribution in [3.8, 4) is 0 Å². The summed E-state index contributed by atoms with van der Waals surface area (Å²) in [5.41, 5.74) is 0.345. The van der Waals surface area contributed by atoms with Gasteiger partial charge in [0.2, 0.25) is 0 Å². The van der Waals surface area contributed by atoms with Gasteiger partial charge in [-0.25, -0.2) is 0 Å². The Hall–Kier alpha value is -0.120. The lowest BCUT2D eigenvalue weighted by molar-refractivity contribution is -0.206. The normalized spacial score (nSPS) is 33.2. The maximum absolute atomic E-state index is 5.82. The minimum Gasteiger partial charge on any atom is -0.380 e. The zero-order valence-corrected chi connectivity index (χ0v) is 9.88. The fraction of sp³-hybridized carbons (Fsp3) is 1.00. The number of hydrogen-bond acceptors (Lipinski definition) is 3. The molecule has 0 saturated carbocycles. The van der Waals surface area contributed by atoms with Crippen LogP contribution in [0.4, 0.5) is 0 Å². The van der Waals surface area contributed by atoms with Crippen molar-refractivity contribution in [3.63, 3.8) is 0 Å². The van der Waals surface area contributed by atoms with Gasteiger partial charge < -0.3 is 14.2 Å². The van der Waals surface area contributed by atoms with Crippen molar-refractivity contribution < 1.29 is 14.2 Å². The summed E-state index contributed by atoms with van der Waals surface area (Å²) in [5.74, 6) is 0. The SMILES string of the molecule is CCC1(COCC2(CC)CCO2)COC1. The fourth-order valence-corrected chi connectivity index (χ4v) is 2.12. The van der Waals surface area contributed by atoms with E-state index in [-0.39, 0.29) is 5.60 Å². The summed E-state index contributed by atoms with van der Waals surface area (Å²) >= 11 is 0. The van der Waals surface area contributed by atoms with Gasteiger partial charge in [0.15, 0.2) is 0 Å². The molecular formula is C12H22O3. The second-order valence-corrected chi connectivity index (χ2v) is 4.97. The largest absolute Gasteiger partial charge is 0.380 e. The Morgan fingerprint density at radius 1 is 1.13 bits per heavy atom. The topological polar surface area (TPSA) is 27.7 Å². The van der Waals surface area contributed by atoms with Gasteiger partial charge in [0.25, 0.3) is 0 Å². The van der Waals surface area contributed by atoms with Gasteiger partial charge in [-0.15, -0.1) is 0 Å². The highest BCUT2D eigenvalue weighted by molar-refractivity contribution is 4.88. The van der Waals surface area contributed by atoms with Crippen molar-refractivity contribution in [3.05, 3.63) is 0 Å². The van der Waals surface area contributed by atoms with Crippen LogP contribution in [0.2, 0.25) is 0 Å². The molecule has 3 heteroatoms. The van der Waals surface area contributed by atoms with Crippen LogP contribution in [-0.4, -0.2) is 38.6 Å². The van der Waals surface area contributed by atoms with Crippen LogP contribution < -0.4 is 0 Å². The zero-order chi connectivity index (χ0) is 10.8. The lowest BCUT2D eigenvalue weighted by Gasteiger charge is -2.44. The minimum absolute atomic E-state index is 0.0412. The van der Waals surface area contributed by atoms with E-state index >= 15 is 0 Å². The molecule has 3 nitrogen and oxygen atoms in total. The Morgan fingerprint density at radius 2 is 1.87 bits per heavy atom. The van der Waals surface area contributed by atoms with E-state index < -0.39 is 0 Å². The standard InChI is InChI=1S/C12H22O3/c1-3-11(7-13-8-11)9-14-10-12(4-2)5-6-15-12/h3-10H2,1-2H3. The summed E-state index contributed by atoms with van der Waals surface area (Å²) in [5, 5.41) is 0. The molecule has 2 saturated heterocycles. The summed E-state index contributed by atoms with van der Waals surface area (Å²) < 4.78 is 16.7. The maximum atomic E-state index is 5.82. The van der Waals surface area contributed by atoms with Crippen molar-refractivity contribution in [2.24, 2.45) is 5.41 Å². The Labute approximate surface area is 92.1 Å². The Kier molecular flexibility index (Phi) is 3.33. The van der Waals surface area contributed by atoms with E-state index in [9.17, 15) is 0 Å². The first kappa shape index (κ1) is 11.4. The van der Waals surface area contributed by atoms with Crippen molar-refractivity contribution in [1.82, 2.24) is 0 Å². The van der Waals surface area contributed by atoms with Crippen LogP contribution in [0.1, 0.15) is 33.1 Å². The lowest BCUT2D eigenvalue weighted by atomic mass is 9.84. The molecule has 0 amide bonds. The van der Waals surface area contributed by atoms with Crippen LogP contribution >= 0.6 is 0 Å². The lowest BCUT2D eigenvalue weighted by Crippen LogP contribution is -2.50. The molecule has 1 atom stereocenters. The van der Waals surface area contributed by atoms with E-state index in [1.54, 1.807) is 0 Å². The van der Waals surface area contributed by atoms with E-state index in [4.69, 9.17) is 14.2 Å². The van der Waals surface area contributed by atoms with Gasteiger partial charge in [0, 0.05) is 11.8 Å². The molecule has 0 aromatic rings. The first-order valence-electron chi connectivity index (χ1n) is 6.04. The smallest absolute Gasteiger partial charge is 0.0934 e. The predicted molar refractivity (Wildman–Crippen MR) is 58.0 cm³/mol. The van der Waals surface area contributed by atoms with Crippen LogP contribution in [0.25, 0.3) is 0 Å². The first-order valence-corrected chi connectivity index (χ1v) is 6.04. The molecule has 0 bridgehead atoms. The van der Waals surface area contributed by atoms with E-state index in [1.165, 1.54) is 0 Å². The molecule has 0 spiro atoms. The second kappa shape index (κ2) is 4.40. The monoisotopic (exact) mass is 214 g/mol. The van der Waals surface area contributed by atoms with Gasteiger partial charge in [-0.3, -0.25) is 0 Å². The molecule has 88 valence electrons. The van der Waals surface area contributed by atoms with Crippen LogP contribution in [-0.2, 0) is 14.2 Å². The molecular weight excluding hydrogens is 192 g/mol. The van der Waals surface area contributed by atoms with Crippen LogP contribution in [0.5, 0.6) is 0 Å². The highest BCUT2D eigenvalue weighted by Crippen LogP contribution is 2.34. The predicted octanol–water partition coefficient (Wildman–Crippen LogP) is 2.00. The van der Waals surface area contributed by atoms with Gasteiger partial charge in [-0.2, -0.15) is 0 Å². The van der Waals surface area contributed by atoms with Crippen molar-refractivity contribution >= 4 is 0 Å². The van der Waals surface area contributed by atoms with Gasteiger partial charge in [-0.05, 0) is 12.8 Å². The third-order valence-corrected chi connectivity index (χ3v) is 3.95. The summed E-state index contributed by atoms with van der Waals surface area (Å²) in [6.45, 7) is 8.60. The molecule has 0 aromatic heterocycles. The van der Waals surface area contributed by atoms with E-state index in [0.717, 1.165) is 52.3 Å². The summed E-state index contributed by atoms with van der Waals surface area (Å²) in [7, 11) is 0. The quantitative estimate of drug-likeness (QED) is 0.677. The number of ether oxygens (including phenoxy) is 3. The van der Waals surface area contributed by atoms with Gasteiger partial charge in [-0.1, -0.05) is 13.8 Å². The first-order chi connectivity index (χ1) is 7.24.